The summed E-state index contributed by atoms with van der Waals surface area (Å²) in [7, 11) is 1.88. The van der Waals surface area contributed by atoms with Crippen LogP contribution in [0.4, 0.5) is 0 Å². The van der Waals surface area contributed by atoms with Crippen molar-refractivity contribution in [2.75, 3.05) is 0 Å². The molecule has 0 aromatic carbocycles. The molecule has 5 heteroatoms. The molecule has 2 rings (SSSR count). The number of carbonyl (C=O) groups is 1. The number of aryl methyl sites for hydroxylation is 2. The van der Waals surface area contributed by atoms with Crippen molar-refractivity contribution >= 4 is 21.9 Å². The predicted octanol–water partition coefficient (Wildman–Crippen LogP) is 3.31. The van der Waals surface area contributed by atoms with Crippen LogP contribution < -0.4 is 0 Å². The standard InChI is InChI=1S/C14H21BrN2O2/c1-4-10-5-6-14(7-10,13(18)19)8-11-12(15)9(2)16-17(11)3/h10H,4-8H2,1-3H3,(H,18,19). The second-order valence-corrected chi connectivity index (χ2v) is 6.54. The van der Waals surface area contributed by atoms with Crippen molar-refractivity contribution in [2.45, 2.75) is 46.0 Å². The van der Waals surface area contributed by atoms with Crippen LogP contribution in [0.3, 0.4) is 0 Å². The van der Waals surface area contributed by atoms with E-state index in [0.717, 1.165) is 41.5 Å². The Morgan fingerprint density at radius 1 is 1.63 bits per heavy atom. The largest absolute Gasteiger partial charge is 0.481 e. The molecule has 1 N–H and O–H groups in total. The fraction of sp³-hybridized carbons (Fsp3) is 0.714. The van der Waals surface area contributed by atoms with Gasteiger partial charge in [0.2, 0.25) is 0 Å². The molecule has 2 atom stereocenters. The highest BCUT2D eigenvalue weighted by molar-refractivity contribution is 9.10. The highest BCUT2D eigenvalue weighted by Crippen LogP contribution is 2.46. The third-order valence-electron chi connectivity index (χ3n) is 4.51. The third kappa shape index (κ3) is 2.57. The maximum Gasteiger partial charge on any atom is 0.310 e. The minimum Gasteiger partial charge on any atom is -0.481 e. The molecule has 19 heavy (non-hydrogen) atoms. The topological polar surface area (TPSA) is 55.1 Å². The Kier molecular flexibility index (Phi) is 4.04. The van der Waals surface area contributed by atoms with Gasteiger partial charge in [0.05, 0.1) is 21.3 Å². The van der Waals surface area contributed by atoms with Gasteiger partial charge in [0.25, 0.3) is 0 Å². The monoisotopic (exact) mass is 328 g/mol. The van der Waals surface area contributed by atoms with Gasteiger partial charge in [0.15, 0.2) is 0 Å². The van der Waals surface area contributed by atoms with Gasteiger partial charge in [0.1, 0.15) is 0 Å². The second-order valence-electron chi connectivity index (χ2n) is 5.75. The van der Waals surface area contributed by atoms with Crippen LogP contribution >= 0.6 is 15.9 Å². The Bertz CT molecular complexity index is 498. The molecule has 1 aromatic rings. The molecule has 1 aliphatic rings. The number of carboxylic acids is 1. The summed E-state index contributed by atoms with van der Waals surface area (Å²) in [5.74, 6) is -0.113. The van der Waals surface area contributed by atoms with Crippen molar-refractivity contribution in [3.05, 3.63) is 15.9 Å². The van der Waals surface area contributed by atoms with Gasteiger partial charge in [-0.05, 0) is 48.0 Å². The summed E-state index contributed by atoms with van der Waals surface area (Å²) in [5, 5.41) is 14.0. The van der Waals surface area contributed by atoms with Crippen LogP contribution in [-0.2, 0) is 18.3 Å². The Labute approximate surface area is 122 Å². The molecule has 106 valence electrons. The molecule has 4 nitrogen and oxygen atoms in total. The molecule has 0 saturated heterocycles. The zero-order valence-corrected chi connectivity index (χ0v) is 13.3. The Morgan fingerprint density at radius 2 is 2.32 bits per heavy atom. The Morgan fingerprint density at radius 3 is 2.74 bits per heavy atom. The van der Waals surface area contributed by atoms with Gasteiger partial charge in [-0.25, -0.2) is 0 Å². The van der Waals surface area contributed by atoms with Gasteiger partial charge >= 0.3 is 5.97 Å². The van der Waals surface area contributed by atoms with Crippen LogP contribution in [0.2, 0.25) is 0 Å². The summed E-state index contributed by atoms with van der Waals surface area (Å²) in [5.41, 5.74) is 1.31. The van der Waals surface area contributed by atoms with E-state index in [9.17, 15) is 9.90 Å². The smallest absolute Gasteiger partial charge is 0.310 e. The fourth-order valence-corrected chi connectivity index (χ4v) is 3.68. The summed E-state index contributed by atoms with van der Waals surface area (Å²) in [6.07, 6.45) is 4.22. The van der Waals surface area contributed by atoms with Crippen LogP contribution in [0.5, 0.6) is 0 Å². The average Bonchev–Trinajstić information content (AvgIpc) is 2.88. The highest BCUT2D eigenvalue weighted by atomic mass is 79.9. The van der Waals surface area contributed by atoms with Gasteiger partial charge in [-0.3, -0.25) is 9.48 Å². The molecule has 1 fully saturated rings. The average molecular weight is 329 g/mol. The van der Waals surface area contributed by atoms with E-state index in [1.165, 1.54) is 0 Å². The van der Waals surface area contributed by atoms with Crippen molar-refractivity contribution in [1.82, 2.24) is 9.78 Å². The molecule has 1 aliphatic carbocycles. The van der Waals surface area contributed by atoms with Crippen LogP contribution in [0, 0.1) is 18.3 Å². The number of rotatable bonds is 4. The summed E-state index contributed by atoms with van der Waals surface area (Å²) < 4.78 is 2.76. The Hall–Kier alpha value is -0.840. The van der Waals surface area contributed by atoms with E-state index in [1.54, 1.807) is 0 Å². The Balaban J connectivity index is 2.30. The molecule has 0 spiro atoms. The summed E-state index contributed by atoms with van der Waals surface area (Å²) in [4.78, 5) is 11.8. The number of aliphatic carboxylic acids is 1. The summed E-state index contributed by atoms with van der Waals surface area (Å²) in [6, 6.07) is 0. The van der Waals surface area contributed by atoms with Crippen LogP contribution in [-0.4, -0.2) is 20.9 Å². The van der Waals surface area contributed by atoms with E-state index in [0.29, 0.717) is 12.3 Å². The minimum absolute atomic E-state index is 0.546. The first kappa shape index (κ1) is 14.6. The van der Waals surface area contributed by atoms with Gasteiger partial charge in [-0.1, -0.05) is 13.3 Å². The molecule has 2 unspecified atom stereocenters. The lowest BCUT2D eigenvalue weighted by Crippen LogP contribution is -2.31. The first-order valence-corrected chi connectivity index (χ1v) is 7.60. The quantitative estimate of drug-likeness (QED) is 0.922. The normalized spacial score (nSPS) is 26.8. The molecule has 0 radical (unpaired) electrons. The van der Waals surface area contributed by atoms with E-state index < -0.39 is 11.4 Å². The number of hydrogen-bond donors (Lipinski definition) is 1. The van der Waals surface area contributed by atoms with Crippen molar-refractivity contribution in [2.24, 2.45) is 18.4 Å². The maximum absolute atomic E-state index is 11.8. The zero-order valence-electron chi connectivity index (χ0n) is 11.7. The second kappa shape index (κ2) is 5.27. The number of nitrogens with zero attached hydrogens (tertiary/aromatic N) is 2. The van der Waals surface area contributed by atoms with E-state index in [2.05, 4.69) is 28.0 Å². The van der Waals surface area contributed by atoms with Crippen molar-refractivity contribution in [1.29, 1.82) is 0 Å². The van der Waals surface area contributed by atoms with Gasteiger partial charge in [0, 0.05) is 13.5 Å². The number of hydrogen-bond acceptors (Lipinski definition) is 2. The van der Waals surface area contributed by atoms with Gasteiger partial charge in [-0.2, -0.15) is 5.10 Å². The molecule has 0 amide bonds. The fourth-order valence-electron chi connectivity index (χ4n) is 3.21. The van der Waals surface area contributed by atoms with E-state index in [-0.39, 0.29) is 0 Å². The van der Waals surface area contributed by atoms with E-state index in [4.69, 9.17) is 0 Å². The van der Waals surface area contributed by atoms with Gasteiger partial charge < -0.3 is 5.11 Å². The SMILES string of the molecule is CCC1CCC(Cc2c(Br)c(C)nn2C)(C(=O)O)C1. The molecule has 1 saturated carbocycles. The molecule has 1 aromatic heterocycles. The lowest BCUT2D eigenvalue weighted by atomic mass is 9.80. The molecule has 0 aliphatic heterocycles. The first-order valence-electron chi connectivity index (χ1n) is 6.81. The van der Waals surface area contributed by atoms with Crippen molar-refractivity contribution < 1.29 is 9.90 Å². The predicted molar refractivity (Wildman–Crippen MR) is 77.0 cm³/mol. The van der Waals surface area contributed by atoms with E-state index >= 15 is 0 Å². The third-order valence-corrected chi connectivity index (χ3v) is 5.54. The van der Waals surface area contributed by atoms with Crippen LogP contribution in [0.25, 0.3) is 0 Å². The summed E-state index contributed by atoms with van der Waals surface area (Å²) >= 11 is 3.54. The molecule has 1 heterocycles. The number of aromatic nitrogens is 2. The first-order chi connectivity index (χ1) is 8.89. The lowest BCUT2D eigenvalue weighted by molar-refractivity contribution is -0.148. The van der Waals surface area contributed by atoms with Crippen LogP contribution in [0.1, 0.15) is 44.0 Å². The zero-order chi connectivity index (χ0) is 14.2. The molecular weight excluding hydrogens is 308 g/mol. The highest BCUT2D eigenvalue weighted by Gasteiger charge is 2.45. The van der Waals surface area contributed by atoms with Crippen LogP contribution in [0.15, 0.2) is 4.47 Å². The minimum atomic E-state index is -0.658. The lowest BCUT2D eigenvalue weighted by Gasteiger charge is -2.24. The van der Waals surface area contributed by atoms with Crippen molar-refractivity contribution in [3.63, 3.8) is 0 Å². The summed E-state index contributed by atoms with van der Waals surface area (Å²) in [6.45, 7) is 4.08. The van der Waals surface area contributed by atoms with E-state index in [1.807, 2.05) is 18.7 Å². The number of carboxylic acid groups (broad SMARTS) is 1. The van der Waals surface area contributed by atoms with Gasteiger partial charge in [-0.15, -0.1) is 0 Å². The molecule has 0 bridgehead atoms. The van der Waals surface area contributed by atoms with Crippen molar-refractivity contribution in [3.8, 4) is 0 Å². The number of halogens is 1. The maximum atomic E-state index is 11.8. The molecular formula is C14H21BrN2O2.